The van der Waals surface area contributed by atoms with E-state index in [-0.39, 0.29) is 0 Å². The van der Waals surface area contributed by atoms with Gasteiger partial charge in [0.1, 0.15) is 22.4 Å². The highest BCUT2D eigenvalue weighted by atomic mass is 32.1. The van der Waals surface area contributed by atoms with Gasteiger partial charge in [-0.1, -0.05) is 77.3 Å². The molecule has 0 fully saturated rings. The Bertz CT molecular complexity index is 2220. The van der Waals surface area contributed by atoms with E-state index in [9.17, 15) is 10.5 Å². The zero-order valence-electron chi connectivity index (χ0n) is 29.6. The molecule has 0 unspecified atom stereocenters. The van der Waals surface area contributed by atoms with Crippen molar-refractivity contribution in [3.8, 4) is 53.9 Å². The average molecular weight is 757 g/mol. The highest BCUT2D eigenvalue weighted by Gasteiger charge is 2.28. The lowest BCUT2D eigenvalue weighted by Gasteiger charge is -2.10. The summed E-state index contributed by atoms with van der Waals surface area (Å²) in [5, 5.41) is 19.6. The van der Waals surface area contributed by atoms with Gasteiger partial charge in [0.2, 0.25) is 0 Å². The molecule has 0 bridgehead atoms. The minimum absolute atomic E-state index is 0.770. The summed E-state index contributed by atoms with van der Waals surface area (Å²) in [4.78, 5) is 4.45. The summed E-state index contributed by atoms with van der Waals surface area (Å²) in [5.74, 6) is 0. The van der Waals surface area contributed by atoms with Crippen LogP contribution in [0.15, 0.2) is 69.4 Å². The molecule has 0 amide bonds. The second-order valence-electron chi connectivity index (χ2n) is 13.3. The molecule has 0 atom stereocenters. The number of benzene rings is 3. The molecule has 4 heterocycles. The minimum atomic E-state index is 0.770. The van der Waals surface area contributed by atoms with E-state index in [1.807, 2.05) is 12.1 Å². The molecule has 52 heavy (non-hydrogen) atoms. The van der Waals surface area contributed by atoms with Crippen molar-refractivity contribution in [2.45, 2.75) is 90.9 Å². The molecule has 7 rings (SSSR count). The number of rotatable bonds is 16. The molecule has 6 nitrogen and oxygen atoms in total. The van der Waals surface area contributed by atoms with Gasteiger partial charge >= 0.3 is 0 Å². The minimum Gasteiger partial charge on any atom is -0.192 e. The Balaban J connectivity index is 1.19. The monoisotopic (exact) mass is 756 g/mol. The largest absolute Gasteiger partial charge is 0.192 e. The highest BCUT2D eigenvalue weighted by Crippen LogP contribution is 2.54. The molecule has 1 aliphatic rings. The SMILES string of the molecule is CCCCCCCc1cc(-c2ccc(-c3c4c(c(-c5ccc(-c6ccc(C#N)c(CCCCCCC)c6)s5)c5nsnc35)N=S=N4)s2)ccc1C#N. The molecular formula is C42H40N6S4. The van der Waals surface area contributed by atoms with Crippen molar-refractivity contribution in [2.24, 2.45) is 8.73 Å². The van der Waals surface area contributed by atoms with E-state index >= 15 is 0 Å². The Kier molecular flexibility index (Phi) is 11.8. The van der Waals surface area contributed by atoms with Crippen LogP contribution < -0.4 is 0 Å². The summed E-state index contributed by atoms with van der Waals surface area (Å²) < 4.78 is 19.4. The fourth-order valence-corrected chi connectivity index (χ4v) is 10.2. The number of hydrogen-bond donors (Lipinski definition) is 0. The molecule has 6 aromatic rings. The third-order valence-electron chi connectivity index (χ3n) is 9.75. The van der Waals surface area contributed by atoms with Crippen molar-refractivity contribution in [3.63, 3.8) is 0 Å². The van der Waals surface area contributed by atoms with Gasteiger partial charge in [-0.05, 0) is 96.5 Å². The molecule has 3 aromatic carbocycles. The second kappa shape index (κ2) is 17.0. The third kappa shape index (κ3) is 7.58. The normalized spacial score (nSPS) is 11.8. The second-order valence-corrected chi connectivity index (χ2v) is 16.5. The first-order valence-corrected chi connectivity index (χ1v) is 21.4. The van der Waals surface area contributed by atoms with Crippen molar-refractivity contribution in [1.29, 1.82) is 10.5 Å². The van der Waals surface area contributed by atoms with Gasteiger partial charge in [-0.2, -0.15) is 28.0 Å². The molecule has 0 saturated heterocycles. The zero-order chi connectivity index (χ0) is 35.9. The van der Waals surface area contributed by atoms with E-state index < -0.39 is 0 Å². The summed E-state index contributed by atoms with van der Waals surface area (Å²) in [6, 6.07) is 25.9. The molecule has 0 N–H and O–H groups in total. The van der Waals surface area contributed by atoms with Gasteiger partial charge in [0.15, 0.2) is 0 Å². The van der Waals surface area contributed by atoms with Crippen LogP contribution in [0.25, 0.3) is 52.8 Å². The third-order valence-corrected chi connectivity index (χ3v) is 13.1. The number of nitriles is 2. The van der Waals surface area contributed by atoms with Crippen molar-refractivity contribution < 1.29 is 0 Å². The lowest BCUT2D eigenvalue weighted by atomic mass is 9.98. The van der Waals surface area contributed by atoms with Crippen LogP contribution >= 0.6 is 34.4 Å². The Labute approximate surface area is 322 Å². The van der Waals surface area contributed by atoms with Gasteiger partial charge in [0.05, 0.1) is 46.3 Å². The number of nitrogens with zero attached hydrogens (tertiary/aromatic N) is 6. The first-order chi connectivity index (χ1) is 25.6. The van der Waals surface area contributed by atoms with Crippen LogP contribution in [0.2, 0.25) is 0 Å². The van der Waals surface area contributed by atoms with E-state index in [2.05, 4.69) is 74.5 Å². The van der Waals surface area contributed by atoms with Crippen LogP contribution in [0, 0.1) is 22.7 Å². The van der Waals surface area contributed by atoms with Gasteiger partial charge in [-0.25, -0.2) is 0 Å². The molecule has 262 valence electrons. The van der Waals surface area contributed by atoms with Crippen molar-refractivity contribution in [3.05, 3.63) is 82.9 Å². The van der Waals surface area contributed by atoms with Gasteiger partial charge in [-0.15, -0.1) is 22.7 Å². The molecule has 0 radical (unpaired) electrons. The molecule has 0 aliphatic carbocycles. The summed E-state index contributed by atoms with van der Waals surface area (Å²) in [6.07, 6.45) is 13.9. The Hall–Kier alpha value is -4.32. The average Bonchev–Trinajstić information content (AvgIpc) is 4.01. The molecule has 0 saturated carbocycles. The maximum atomic E-state index is 9.80. The number of thiophene rings is 2. The first-order valence-electron chi connectivity index (χ1n) is 18.3. The smallest absolute Gasteiger partial charge is 0.116 e. The summed E-state index contributed by atoms with van der Waals surface area (Å²) in [5.41, 5.74) is 11.4. The molecule has 0 spiro atoms. The number of fused-ring (bicyclic) bond motifs is 2. The molecular weight excluding hydrogens is 717 g/mol. The number of unbranched alkanes of at least 4 members (excludes halogenated alkanes) is 8. The van der Waals surface area contributed by atoms with E-state index in [0.29, 0.717) is 0 Å². The van der Waals surface area contributed by atoms with Crippen LogP contribution in [0.5, 0.6) is 0 Å². The van der Waals surface area contributed by atoms with Crippen LogP contribution in [-0.2, 0) is 24.2 Å². The van der Waals surface area contributed by atoms with E-state index in [1.54, 1.807) is 22.7 Å². The number of aromatic nitrogens is 2. The summed E-state index contributed by atoms with van der Waals surface area (Å²) in [7, 11) is 0. The first kappa shape index (κ1) is 36.1. The van der Waals surface area contributed by atoms with Gasteiger partial charge < -0.3 is 0 Å². The van der Waals surface area contributed by atoms with Gasteiger partial charge in [0, 0.05) is 30.6 Å². The van der Waals surface area contributed by atoms with Gasteiger partial charge in [-0.3, -0.25) is 0 Å². The summed E-state index contributed by atoms with van der Waals surface area (Å²) in [6.45, 7) is 4.47. The zero-order valence-corrected chi connectivity index (χ0v) is 32.8. The predicted molar refractivity (Wildman–Crippen MR) is 221 cm³/mol. The van der Waals surface area contributed by atoms with Crippen LogP contribution in [-0.4, -0.2) is 8.75 Å². The fraction of sp³-hybridized carbons (Fsp3) is 0.333. The maximum Gasteiger partial charge on any atom is 0.116 e. The summed E-state index contributed by atoms with van der Waals surface area (Å²) >= 11 is 5.89. The number of aryl methyl sites for hydroxylation is 2. The standard InChI is InChI=1S/C42H40N6S4/c1-3-5-7-9-11-13-27-23-29(15-17-31(27)25-43)33-19-21-35(49-33)37-39-41(47-51-45-39)38(42-40(37)46-52-48-42)36-22-20-34(50-36)30-16-18-32(26-44)28(24-30)14-12-10-8-6-4-2/h15-24H,3-14H2,1-2H3. The Morgan fingerprint density at radius 1 is 0.538 bits per heavy atom. The van der Waals surface area contributed by atoms with Crippen molar-refractivity contribution in [1.82, 2.24) is 8.75 Å². The van der Waals surface area contributed by atoms with Crippen molar-refractivity contribution >= 4 is 68.2 Å². The van der Waals surface area contributed by atoms with E-state index in [4.69, 9.17) is 17.5 Å². The van der Waals surface area contributed by atoms with E-state index in [1.165, 1.54) is 74.4 Å². The van der Waals surface area contributed by atoms with Crippen LogP contribution in [0.3, 0.4) is 0 Å². The Morgan fingerprint density at radius 2 is 0.981 bits per heavy atom. The number of hydrogen-bond acceptors (Lipinski definition) is 9. The predicted octanol–water partition coefficient (Wildman–Crippen LogP) is 14.0. The maximum absolute atomic E-state index is 9.80. The van der Waals surface area contributed by atoms with Crippen LogP contribution in [0.4, 0.5) is 11.4 Å². The van der Waals surface area contributed by atoms with Crippen molar-refractivity contribution in [2.75, 3.05) is 0 Å². The fourth-order valence-electron chi connectivity index (χ4n) is 6.94. The Morgan fingerprint density at radius 3 is 1.42 bits per heavy atom. The lowest BCUT2D eigenvalue weighted by molar-refractivity contribution is 0.632. The molecule has 1 aliphatic heterocycles. The lowest BCUT2D eigenvalue weighted by Crippen LogP contribution is -1.92. The van der Waals surface area contributed by atoms with E-state index in [0.717, 1.165) is 112 Å². The van der Waals surface area contributed by atoms with Gasteiger partial charge in [0.25, 0.3) is 0 Å². The topological polar surface area (TPSA) is 98.1 Å². The molecule has 10 heteroatoms. The highest BCUT2D eigenvalue weighted by molar-refractivity contribution is 7.58. The quantitative estimate of drug-likeness (QED) is 0.0917. The van der Waals surface area contributed by atoms with Crippen LogP contribution in [0.1, 0.15) is 100 Å². The molecule has 3 aromatic heterocycles.